The van der Waals surface area contributed by atoms with Crippen molar-refractivity contribution in [3.8, 4) is 0 Å². The monoisotopic (exact) mass is 942 g/mol. The Bertz CT molecular complexity index is 1720. The number of aliphatic hydroxyl groups is 9. The predicted molar refractivity (Wildman–Crippen MR) is 225 cm³/mol. The number of ether oxygens (including phenoxy) is 9. The second-order valence-electron chi connectivity index (χ2n) is 21.6. The Balaban J connectivity index is 0.737. The number of carbonyl (C=O) groups excluding carboxylic acids is 1. The fourth-order valence-corrected chi connectivity index (χ4v) is 14.3. The number of cyclic esters (lactones) is 1. The summed E-state index contributed by atoms with van der Waals surface area (Å²) in [5.41, 5.74) is -0.989. The highest BCUT2D eigenvalue weighted by Gasteiger charge is 2.71. The number of rotatable bonds is 10. The van der Waals surface area contributed by atoms with Crippen molar-refractivity contribution in [2.45, 2.75) is 228 Å². The van der Waals surface area contributed by atoms with Crippen molar-refractivity contribution in [2.75, 3.05) is 13.2 Å². The van der Waals surface area contributed by atoms with Crippen molar-refractivity contribution in [3.05, 3.63) is 11.6 Å². The van der Waals surface area contributed by atoms with E-state index < -0.39 is 128 Å². The standard InChI is InChI=1S/C47H74O19/c1-20-41(64-36-16-30(50)42(21(2)60-36)65-37-17-31(51)43(22(3)61-37)66-44-40(56)39(55)38(54)32(18-48)63-44)29(49)15-35(59-20)62-25-8-10-45(4)24(13-25)6-7-27-28(45)14-33(52)46(5)26(9-11-47(27,46)57)23-12-34(53)58-19-23/h12,20-22,24-33,35-44,48-52,54-57H,6-11,13-19H2,1-5H3/t20-,21-,22-,24-,25+,26-,27-,28+,29+,30+,31+,32-,33-,35+,36+,37+,38-,39+,40-,41-,42-,43-,44+,45+,46+,47+/m1/s1. The summed E-state index contributed by atoms with van der Waals surface area (Å²) in [6.07, 6.45) is -10.8. The summed E-state index contributed by atoms with van der Waals surface area (Å²) in [7, 11) is 0. The quantitative estimate of drug-likeness (QED) is 0.103. The van der Waals surface area contributed by atoms with E-state index in [-0.39, 0.29) is 61.1 Å². The number of hydrogen-bond donors (Lipinski definition) is 9. The van der Waals surface area contributed by atoms with Crippen LogP contribution < -0.4 is 0 Å². The van der Waals surface area contributed by atoms with E-state index in [4.69, 9.17) is 42.6 Å². The first-order valence-corrected chi connectivity index (χ1v) is 24.5. The smallest absolute Gasteiger partial charge is 0.331 e. The van der Waals surface area contributed by atoms with Crippen LogP contribution in [0.2, 0.25) is 0 Å². The summed E-state index contributed by atoms with van der Waals surface area (Å²) < 4.78 is 53.9. The molecule has 4 aliphatic carbocycles. The van der Waals surface area contributed by atoms with E-state index >= 15 is 0 Å². The lowest BCUT2D eigenvalue weighted by molar-refractivity contribution is -0.355. The van der Waals surface area contributed by atoms with Crippen LogP contribution in [0.25, 0.3) is 0 Å². The Morgan fingerprint density at radius 1 is 0.652 bits per heavy atom. The molecule has 0 bridgehead atoms. The van der Waals surface area contributed by atoms with Gasteiger partial charge in [-0.25, -0.2) is 4.79 Å². The zero-order chi connectivity index (χ0) is 47.2. The van der Waals surface area contributed by atoms with Crippen LogP contribution in [0.5, 0.6) is 0 Å². The minimum Gasteiger partial charge on any atom is -0.458 e. The van der Waals surface area contributed by atoms with Crippen molar-refractivity contribution in [2.24, 2.45) is 34.5 Å². The molecule has 4 saturated heterocycles. The molecule has 26 atom stereocenters. The van der Waals surface area contributed by atoms with Gasteiger partial charge in [-0.05, 0) is 107 Å². The number of hydrogen-bond acceptors (Lipinski definition) is 19. The first-order chi connectivity index (χ1) is 31.2. The van der Waals surface area contributed by atoms with Gasteiger partial charge in [-0.2, -0.15) is 0 Å². The van der Waals surface area contributed by atoms with Crippen molar-refractivity contribution in [1.82, 2.24) is 0 Å². The van der Waals surface area contributed by atoms with Crippen LogP contribution in [-0.4, -0.2) is 187 Å². The normalized spacial score (nSPS) is 55.3. The van der Waals surface area contributed by atoms with Gasteiger partial charge in [0.1, 0.15) is 49.3 Å². The Morgan fingerprint density at radius 2 is 1.23 bits per heavy atom. The molecule has 66 heavy (non-hydrogen) atoms. The van der Waals surface area contributed by atoms with Crippen molar-refractivity contribution in [1.29, 1.82) is 0 Å². The molecule has 0 amide bonds. The molecule has 19 heteroatoms. The minimum atomic E-state index is -1.65. The van der Waals surface area contributed by atoms with Crippen LogP contribution in [0.4, 0.5) is 0 Å². The highest BCUT2D eigenvalue weighted by Crippen LogP contribution is 2.70. The minimum absolute atomic E-state index is 0.0188. The third kappa shape index (κ3) is 8.64. The lowest BCUT2D eigenvalue weighted by Crippen LogP contribution is -2.67. The summed E-state index contributed by atoms with van der Waals surface area (Å²) in [5, 5.41) is 98.4. The van der Waals surface area contributed by atoms with Crippen LogP contribution in [0.15, 0.2) is 11.6 Å². The molecule has 9 rings (SSSR count). The van der Waals surface area contributed by atoms with Crippen LogP contribution in [0.1, 0.15) is 105 Å². The maximum atomic E-state index is 12.6. The molecule has 19 nitrogen and oxygen atoms in total. The number of fused-ring (bicyclic) bond motifs is 5. The van der Waals surface area contributed by atoms with Gasteiger partial charge in [-0.3, -0.25) is 0 Å². The lowest BCUT2D eigenvalue weighted by Gasteiger charge is -2.65. The summed E-state index contributed by atoms with van der Waals surface area (Å²) in [6, 6.07) is 0. The maximum Gasteiger partial charge on any atom is 0.331 e. The van der Waals surface area contributed by atoms with Gasteiger partial charge in [0.05, 0.1) is 61.0 Å². The summed E-state index contributed by atoms with van der Waals surface area (Å²) in [6.45, 7) is 9.11. The third-order valence-corrected chi connectivity index (χ3v) is 18.1. The first kappa shape index (κ1) is 49.5. The van der Waals surface area contributed by atoms with Crippen LogP contribution in [0.3, 0.4) is 0 Å². The fraction of sp³-hybridized carbons (Fsp3) is 0.936. The highest BCUT2D eigenvalue weighted by atomic mass is 16.8. The molecule has 4 saturated carbocycles. The van der Waals surface area contributed by atoms with Gasteiger partial charge in [0.2, 0.25) is 0 Å². The number of aliphatic hydroxyl groups excluding tert-OH is 8. The molecule has 0 aromatic carbocycles. The van der Waals surface area contributed by atoms with Gasteiger partial charge in [-0.1, -0.05) is 13.8 Å². The predicted octanol–water partition coefficient (Wildman–Crippen LogP) is 0.0423. The Morgan fingerprint density at radius 3 is 1.77 bits per heavy atom. The molecule has 5 heterocycles. The zero-order valence-corrected chi connectivity index (χ0v) is 38.7. The van der Waals surface area contributed by atoms with E-state index in [1.165, 1.54) is 0 Å². The molecule has 9 aliphatic rings. The second kappa shape index (κ2) is 18.9. The molecular weight excluding hydrogens is 868 g/mol. The average molecular weight is 943 g/mol. The molecule has 5 aliphatic heterocycles. The molecule has 9 N–H and O–H groups in total. The van der Waals surface area contributed by atoms with Gasteiger partial charge in [-0.15, -0.1) is 0 Å². The number of carbonyl (C=O) groups is 1. The molecule has 8 fully saturated rings. The van der Waals surface area contributed by atoms with E-state index in [0.29, 0.717) is 18.8 Å². The van der Waals surface area contributed by atoms with Gasteiger partial charge >= 0.3 is 5.97 Å². The molecule has 0 aromatic rings. The first-order valence-electron chi connectivity index (χ1n) is 24.5. The third-order valence-electron chi connectivity index (χ3n) is 18.1. The van der Waals surface area contributed by atoms with Crippen molar-refractivity contribution in [3.63, 3.8) is 0 Å². The van der Waals surface area contributed by atoms with Crippen molar-refractivity contribution < 1.29 is 93.4 Å². The molecule has 0 radical (unpaired) electrons. The SMILES string of the molecule is C[C@H]1O[C@@H](O[C@H]2CC[C@@]3(C)[C@H](CC[C@@H]4[C@@H]3C[C@@H](O)[C@]3(C)[C@@H](C5=CC(=O)OC5)CC[C@]43O)C2)C[C@H](O)[C@@H]1O[C@H]1C[C@H](O)[C@H](O[C@H]2C[C@H](O)[C@H](O[C@@H]3O[C@H](CO)[C@@H](O)[C@H](O)[C@H]3O)[C@@H](C)O2)[C@@H](C)O1. The van der Waals surface area contributed by atoms with Gasteiger partial charge in [0, 0.05) is 30.8 Å². The molecular formula is C47H74O19. The van der Waals surface area contributed by atoms with Gasteiger partial charge in [0.25, 0.3) is 0 Å². The van der Waals surface area contributed by atoms with E-state index in [1.54, 1.807) is 19.9 Å². The van der Waals surface area contributed by atoms with Gasteiger partial charge < -0.3 is 88.6 Å². The van der Waals surface area contributed by atoms with Crippen molar-refractivity contribution >= 4 is 5.97 Å². The summed E-state index contributed by atoms with van der Waals surface area (Å²) in [4.78, 5) is 12.0. The molecule has 0 spiro atoms. The second-order valence-corrected chi connectivity index (χ2v) is 21.6. The van der Waals surface area contributed by atoms with E-state index in [2.05, 4.69) is 6.92 Å². The van der Waals surface area contributed by atoms with Gasteiger partial charge in [0.15, 0.2) is 25.2 Å². The van der Waals surface area contributed by atoms with Crippen LogP contribution in [0, 0.1) is 34.5 Å². The average Bonchev–Trinajstić information content (AvgIpc) is 3.82. The van der Waals surface area contributed by atoms with Crippen LogP contribution in [-0.2, 0) is 47.4 Å². The molecule has 0 unspecified atom stereocenters. The molecule has 376 valence electrons. The Labute approximate surface area is 385 Å². The zero-order valence-electron chi connectivity index (χ0n) is 38.7. The summed E-state index contributed by atoms with van der Waals surface area (Å²) in [5.74, 6) is 0.0825. The van der Waals surface area contributed by atoms with E-state index in [0.717, 1.165) is 44.1 Å². The molecule has 0 aromatic heterocycles. The fourth-order valence-electron chi connectivity index (χ4n) is 14.3. The van der Waals surface area contributed by atoms with Crippen LogP contribution >= 0.6 is 0 Å². The lowest BCUT2D eigenvalue weighted by atomic mass is 9.42. The van der Waals surface area contributed by atoms with E-state index in [9.17, 15) is 50.8 Å². The highest BCUT2D eigenvalue weighted by molar-refractivity contribution is 5.85. The largest absolute Gasteiger partial charge is 0.458 e. The Kier molecular flexibility index (Phi) is 14.2. The summed E-state index contributed by atoms with van der Waals surface area (Å²) >= 11 is 0. The Hall–Kier alpha value is -1.47. The maximum absolute atomic E-state index is 12.6. The number of esters is 1. The topological polar surface area (TPSA) is 282 Å². The van der Waals surface area contributed by atoms with E-state index in [1.807, 2.05) is 13.8 Å².